The number of hydrogen-bond acceptors (Lipinski definition) is 4. The van der Waals surface area contributed by atoms with Gasteiger partial charge in [0.1, 0.15) is 0 Å². The number of nitrogens with zero attached hydrogens (tertiary/aromatic N) is 1. The van der Waals surface area contributed by atoms with E-state index in [4.69, 9.17) is 4.74 Å². The maximum Gasteiger partial charge on any atom is 0.240 e. The molecule has 24 heavy (non-hydrogen) atoms. The van der Waals surface area contributed by atoms with E-state index in [0.29, 0.717) is 19.1 Å². The average molecular weight is 470 g/mol. The van der Waals surface area contributed by atoms with Gasteiger partial charge in [0.05, 0.1) is 11.5 Å². The number of guanidine groups is 1. The summed E-state index contributed by atoms with van der Waals surface area (Å²) < 4.78 is 31.4. The number of methoxy groups -OCH3 is 1. The van der Waals surface area contributed by atoms with Crippen molar-refractivity contribution >= 4 is 40.0 Å². The lowest BCUT2D eigenvalue weighted by Gasteiger charge is -2.14. The van der Waals surface area contributed by atoms with E-state index in [2.05, 4.69) is 20.3 Å². The van der Waals surface area contributed by atoms with Crippen LogP contribution in [0.1, 0.15) is 19.4 Å². The Morgan fingerprint density at radius 2 is 1.88 bits per heavy atom. The minimum atomic E-state index is -3.49. The van der Waals surface area contributed by atoms with Gasteiger partial charge in [0, 0.05) is 33.3 Å². The van der Waals surface area contributed by atoms with E-state index in [0.717, 1.165) is 5.56 Å². The summed E-state index contributed by atoms with van der Waals surface area (Å²) in [4.78, 5) is 4.36. The molecule has 0 bridgehead atoms. The van der Waals surface area contributed by atoms with Crippen molar-refractivity contribution in [3.8, 4) is 0 Å². The molecule has 0 radical (unpaired) electrons. The maximum absolute atomic E-state index is 12.0. The zero-order valence-electron chi connectivity index (χ0n) is 14.5. The standard InChI is InChI=1S/C15H26N4O3S.HI/c1-12(2)19-15(16-3)17-11-13-5-7-14(8-6-13)23(20,21)18-9-10-22-4;/h5-8,12,18H,9-11H2,1-4H3,(H2,16,17,19);1H. The first-order chi connectivity index (χ1) is 10.9. The molecule has 0 unspecified atom stereocenters. The molecule has 0 aliphatic heterocycles. The number of sulfonamides is 1. The highest BCUT2D eigenvalue weighted by Crippen LogP contribution is 2.10. The van der Waals surface area contributed by atoms with Gasteiger partial charge in [-0.15, -0.1) is 24.0 Å². The molecule has 0 aliphatic carbocycles. The molecule has 0 spiro atoms. The fraction of sp³-hybridized carbons (Fsp3) is 0.533. The quantitative estimate of drug-likeness (QED) is 0.231. The van der Waals surface area contributed by atoms with Crippen molar-refractivity contribution in [3.05, 3.63) is 29.8 Å². The van der Waals surface area contributed by atoms with Gasteiger partial charge >= 0.3 is 0 Å². The fourth-order valence-electron chi connectivity index (χ4n) is 1.80. The Bertz CT molecular complexity index is 604. The minimum absolute atomic E-state index is 0. The predicted molar refractivity (Wildman–Crippen MR) is 107 cm³/mol. The van der Waals surface area contributed by atoms with E-state index in [1.165, 1.54) is 7.11 Å². The molecule has 0 fully saturated rings. The Morgan fingerprint density at radius 3 is 2.38 bits per heavy atom. The molecule has 1 rings (SSSR count). The Labute approximate surface area is 161 Å². The molecule has 9 heteroatoms. The lowest BCUT2D eigenvalue weighted by atomic mass is 10.2. The van der Waals surface area contributed by atoms with Crippen molar-refractivity contribution in [2.75, 3.05) is 27.3 Å². The smallest absolute Gasteiger partial charge is 0.240 e. The maximum atomic E-state index is 12.0. The van der Waals surface area contributed by atoms with Crippen LogP contribution in [0.5, 0.6) is 0 Å². The van der Waals surface area contributed by atoms with Gasteiger partial charge in [-0.05, 0) is 31.5 Å². The van der Waals surface area contributed by atoms with Crippen molar-refractivity contribution in [1.29, 1.82) is 0 Å². The van der Waals surface area contributed by atoms with Crippen molar-refractivity contribution in [2.45, 2.75) is 31.3 Å². The zero-order valence-corrected chi connectivity index (χ0v) is 17.6. The summed E-state index contributed by atoms with van der Waals surface area (Å²) in [6.45, 7) is 5.21. The van der Waals surface area contributed by atoms with Crippen LogP contribution in [-0.4, -0.2) is 47.7 Å². The second-order valence-corrected chi connectivity index (χ2v) is 7.03. The number of rotatable bonds is 8. The second kappa shape index (κ2) is 11.6. The number of halogens is 1. The van der Waals surface area contributed by atoms with Gasteiger partial charge in [0.2, 0.25) is 10.0 Å². The van der Waals surface area contributed by atoms with Crippen LogP contribution in [-0.2, 0) is 21.3 Å². The van der Waals surface area contributed by atoms with Crippen LogP contribution in [0.4, 0.5) is 0 Å². The summed E-state index contributed by atoms with van der Waals surface area (Å²) in [6, 6.07) is 7.02. The number of nitrogens with one attached hydrogen (secondary N) is 3. The summed E-state index contributed by atoms with van der Waals surface area (Å²) in [6.07, 6.45) is 0. The van der Waals surface area contributed by atoms with E-state index in [1.807, 2.05) is 13.8 Å². The molecular formula is C15H27IN4O3S. The topological polar surface area (TPSA) is 91.8 Å². The molecule has 1 aromatic rings. The van der Waals surface area contributed by atoms with Gasteiger partial charge < -0.3 is 15.4 Å². The molecule has 0 aromatic heterocycles. The van der Waals surface area contributed by atoms with E-state index in [1.54, 1.807) is 31.3 Å². The summed E-state index contributed by atoms with van der Waals surface area (Å²) in [5.74, 6) is 0.706. The summed E-state index contributed by atoms with van der Waals surface area (Å²) in [7, 11) is -0.254. The van der Waals surface area contributed by atoms with Crippen LogP contribution < -0.4 is 15.4 Å². The van der Waals surface area contributed by atoms with E-state index >= 15 is 0 Å². The Morgan fingerprint density at radius 1 is 1.25 bits per heavy atom. The lowest BCUT2D eigenvalue weighted by molar-refractivity contribution is 0.204. The van der Waals surface area contributed by atoms with Crippen LogP contribution in [0.3, 0.4) is 0 Å². The average Bonchev–Trinajstić information content (AvgIpc) is 2.51. The highest BCUT2D eigenvalue weighted by molar-refractivity contribution is 14.0. The number of ether oxygens (including phenoxy) is 1. The highest BCUT2D eigenvalue weighted by atomic mass is 127. The number of benzene rings is 1. The first-order valence-corrected chi connectivity index (χ1v) is 8.92. The summed E-state index contributed by atoms with van der Waals surface area (Å²) in [5.41, 5.74) is 0.965. The number of aliphatic imine (C=N–C) groups is 1. The molecule has 3 N–H and O–H groups in total. The van der Waals surface area contributed by atoms with Gasteiger partial charge in [0.15, 0.2) is 5.96 Å². The first kappa shape index (κ1) is 23.1. The van der Waals surface area contributed by atoms with Gasteiger partial charge in [-0.3, -0.25) is 4.99 Å². The molecule has 0 amide bonds. The van der Waals surface area contributed by atoms with Crippen LogP contribution in [0, 0.1) is 0 Å². The van der Waals surface area contributed by atoms with E-state index < -0.39 is 10.0 Å². The summed E-state index contributed by atoms with van der Waals surface area (Å²) >= 11 is 0. The highest BCUT2D eigenvalue weighted by Gasteiger charge is 2.12. The zero-order chi connectivity index (χ0) is 17.3. The third kappa shape index (κ3) is 8.27. The van der Waals surface area contributed by atoms with Gasteiger partial charge in [-0.1, -0.05) is 12.1 Å². The SMILES string of the molecule is CN=C(NCc1ccc(S(=O)(=O)NCCOC)cc1)NC(C)C.I. The van der Waals surface area contributed by atoms with E-state index in [9.17, 15) is 8.42 Å². The fourth-order valence-corrected chi connectivity index (χ4v) is 2.81. The third-order valence-electron chi connectivity index (χ3n) is 2.94. The Balaban J connectivity index is 0.00000529. The molecule has 7 nitrogen and oxygen atoms in total. The molecule has 0 aliphatic rings. The van der Waals surface area contributed by atoms with Crippen molar-refractivity contribution in [3.63, 3.8) is 0 Å². The third-order valence-corrected chi connectivity index (χ3v) is 4.42. The van der Waals surface area contributed by atoms with Crippen molar-refractivity contribution < 1.29 is 13.2 Å². The van der Waals surface area contributed by atoms with Crippen LogP contribution >= 0.6 is 24.0 Å². The molecule has 0 saturated carbocycles. The molecular weight excluding hydrogens is 443 g/mol. The summed E-state index contributed by atoms with van der Waals surface area (Å²) in [5, 5.41) is 6.36. The minimum Gasteiger partial charge on any atom is -0.383 e. The van der Waals surface area contributed by atoms with Gasteiger partial charge in [-0.2, -0.15) is 0 Å². The number of hydrogen-bond donors (Lipinski definition) is 3. The molecule has 0 atom stereocenters. The predicted octanol–water partition coefficient (Wildman–Crippen LogP) is 1.30. The monoisotopic (exact) mass is 470 g/mol. The largest absolute Gasteiger partial charge is 0.383 e. The van der Waals surface area contributed by atoms with Gasteiger partial charge in [-0.25, -0.2) is 13.1 Å². The van der Waals surface area contributed by atoms with Crippen LogP contribution in [0.15, 0.2) is 34.2 Å². The molecule has 138 valence electrons. The van der Waals surface area contributed by atoms with Crippen molar-refractivity contribution in [1.82, 2.24) is 15.4 Å². The molecule has 1 aromatic carbocycles. The second-order valence-electron chi connectivity index (χ2n) is 5.26. The molecule has 0 heterocycles. The van der Waals surface area contributed by atoms with Crippen molar-refractivity contribution in [2.24, 2.45) is 4.99 Å². The molecule has 0 saturated heterocycles. The van der Waals surface area contributed by atoms with E-state index in [-0.39, 0.29) is 41.5 Å². The lowest BCUT2D eigenvalue weighted by Crippen LogP contribution is -2.40. The Kier molecular flexibility index (Phi) is 11.2. The van der Waals surface area contributed by atoms with Crippen LogP contribution in [0.25, 0.3) is 0 Å². The van der Waals surface area contributed by atoms with Crippen LogP contribution in [0.2, 0.25) is 0 Å². The Hall–Kier alpha value is -0.910. The van der Waals surface area contributed by atoms with Gasteiger partial charge in [0.25, 0.3) is 0 Å². The first-order valence-electron chi connectivity index (χ1n) is 7.43. The normalized spacial score (nSPS) is 12.0.